The molecule has 3 N–H and O–H groups in total. The van der Waals surface area contributed by atoms with Crippen LogP contribution in [-0.4, -0.2) is 65.2 Å². The van der Waals surface area contributed by atoms with E-state index in [2.05, 4.69) is 0 Å². The molecule has 1 fully saturated rings. The van der Waals surface area contributed by atoms with Crippen molar-refractivity contribution >= 4 is 5.97 Å². The van der Waals surface area contributed by atoms with E-state index in [0.29, 0.717) is 19.9 Å². The molecule has 0 radical (unpaired) electrons. The Morgan fingerprint density at radius 2 is 1.55 bits per heavy atom. The third-order valence-corrected chi connectivity index (χ3v) is 5.24. The molecule has 172 valence electrons. The molecule has 0 aromatic heterocycles. The Bertz CT molecular complexity index is 438. The Hall–Kier alpha value is -0.730. The summed E-state index contributed by atoms with van der Waals surface area (Å²) in [7, 11) is 0. The Morgan fingerprint density at radius 1 is 0.897 bits per heavy atom. The van der Waals surface area contributed by atoms with E-state index in [0.717, 1.165) is 51.4 Å². The Balaban J connectivity index is 2.15. The maximum atomic E-state index is 11.9. The predicted molar refractivity (Wildman–Crippen MR) is 110 cm³/mol. The fourth-order valence-corrected chi connectivity index (χ4v) is 3.29. The molecule has 0 aromatic rings. The summed E-state index contributed by atoms with van der Waals surface area (Å²) in [4.78, 5) is 11.9. The Kier molecular flexibility index (Phi) is 13.6. The first kappa shape index (κ1) is 24.5. The highest BCUT2D eigenvalue weighted by Gasteiger charge is 2.44. The first-order chi connectivity index (χ1) is 14.5. The van der Waals surface area contributed by atoms with Gasteiger partial charge in [0.2, 0.25) is 0 Å². The fourth-order valence-electron chi connectivity index (χ4n) is 3.29. The molecule has 5 atom stereocenters. The van der Waals surface area contributed by atoms with Gasteiger partial charge in [-0.25, -0.2) is 0 Å². The monoisotopic (exact) mass is 419 g/mol. The lowest BCUT2D eigenvalue weighted by molar-refractivity contribution is -0.301. The molecule has 0 bridgehead atoms. The van der Waals surface area contributed by atoms with Crippen LogP contribution in [0.15, 0.2) is 0 Å². The van der Waals surface area contributed by atoms with E-state index < -0.39 is 30.7 Å². The summed E-state index contributed by atoms with van der Waals surface area (Å²) >= 11 is 0. The molecule has 1 unspecified atom stereocenters. The molecule has 1 saturated heterocycles. The van der Waals surface area contributed by atoms with Crippen molar-refractivity contribution in [3.8, 4) is 0 Å². The molecule has 0 aromatic carbocycles. The number of esters is 1. The van der Waals surface area contributed by atoms with Crippen molar-refractivity contribution in [2.24, 2.45) is 0 Å². The van der Waals surface area contributed by atoms with Gasteiger partial charge in [-0.2, -0.15) is 0 Å². The first-order valence-corrected chi connectivity index (χ1v) is 11.3. The fraction of sp³-hybridized carbons (Fsp3) is 0.955. The highest BCUT2D eigenvalue weighted by Crippen LogP contribution is 2.23. The second-order valence-corrected chi connectivity index (χ2v) is 7.85. The average Bonchev–Trinajstić information content (AvgIpc) is 2.74. The molecular formula is C22H42O7. The smallest absolute Gasteiger partial charge is 0.305 e. The molecule has 0 aliphatic carbocycles. The number of carbonyl (C=O) groups is 1. The van der Waals surface area contributed by atoms with Crippen molar-refractivity contribution in [2.75, 3.05) is 13.2 Å². The zero-order valence-corrected chi connectivity index (χ0v) is 18.0. The van der Waals surface area contributed by atoms with E-state index in [9.17, 15) is 20.1 Å². The minimum Gasteiger partial charge on any atom is -0.463 e. The SMILES string of the molecule is [2H]CCCCCCCCCCCC(=O)OC[C@H]1OC(OCCCC)[C@H](O)[C@@H](O)[C@@H]1O. The van der Waals surface area contributed by atoms with E-state index in [1.54, 1.807) is 0 Å². The van der Waals surface area contributed by atoms with Gasteiger partial charge in [-0.3, -0.25) is 4.79 Å². The molecule has 1 aliphatic rings. The van der Waals surface area contributed by atoms with E-state index >= 15 is 0 Å². The number of ether oxygens (including phenoxy) is 3. The number of carbonyl (C=O) groups excluding carboxylic acids is 1. The highest BCUT2D eigenvalue weighted by molar-refractivity contribution is 5.69. The van der Waals surface area contributed by atoms with Crippen LogP contribution in [0.4, 0.5) is 0 Å². The summed E-state index contributed by atoms with van der Waals surface area (Å²) in [5.41, 5.74) is 0. The van der Waals surface area contributed by atoms with Gasteiger partial charge in [0.25, 0.3) is 0 Å². The highest BCUT2D eigenvalue weighted by atomic mass is 16.7. The minimum atomic E-state index is -1.42. The van der Waals surface area contributed by atoms with Crippen LogP contribution >= 0.6 is 0 Å². The molecule has 1 aliphatic heterocycles. The van der Waals surface area contributed by atoms with Crippen LogP contribution in [0, 0.1) is 0 Å². The Morgan fingerprint density at radius 3 is 2.21 bits per heavy atom. The van der Waals surface area contributed by atoms with E-state index in [4.69, 9.17) is 15.6 Å². The van der Waals surface area contributed by atoms with Crippen LogP contribution in [0.5, 0.6) is 0 Å². The topological polar surface area (TPSA) is 105 Å². The van der Waals surface area contributed by atoms with Crippen LogP contribution in [0.3, 0.4) is 0 Å². The van der Waals surface area contributed by atoms with Crippen molar-refractivity contribution in [2.45, 2.75) is 122 Å². The molecule has 7 nitrogen and oxygen atoms in total. The molecular weight excluding hydrogens is 376 g/mol. The zero-order chi connectivity index (χ0) is 22.2. The van der Waals surface area contributed by atoms with Crippen molar-refractivity contribution in [3.63, 3.8) is 0 Å². The lowest BCUT2D eigenvalue weighted by atomic mass is 9.99. The number of rotatable bonds is 16. The van der Waals surface area contributed by atoms with Crippen LogP contribution in [0.1, 0.15) is 92.2 Å². The summed E-state index contributed by atoms with van der Waals surface area (Å²) < 4.78 is 23.3. The number of hydrogen-bond acceptors (Lipinski definition) is 7. The number of unbranched alkanes of at least 4 members (excludes halogenated alkanes) is 9. The minimum absolute atomic E-state index is 0.185. The van der Waals surface area contributed by atoms with Gasteiger partial charge in [-0.05, 0) is 12.8 Å². The molecule has 1 rings (SSSR count). The van der Waals surface area contributed by atoms with E-state index in [-0.39, 0.29) is 12.6 Å². The van der Waals surface area contributed by atoms with Gasteiger partial charge in [0.1, 0.15) is 31.0 Å². The summed E-state index contributed by atoms with van der Waals surface area (Å²) in [6.07, 6.45) is 5.69. The predicted octanol–water partition coefficient (Wildman–Crippen LogP) is 3.07. The van der Waals surface area contributed by atoms with Crippen molar-refractivity contribution < 1.29 is 35.7 Å². The van der Waals surface area contributed by atoms with Crippen LogP contribution in [0.2, 0.25) is 0 Å². The van der Waals surface area contributed by atoms with Gasteiger partial charge < -0.3 is 29.5 Å². The van der Waals surface area contributed by atoms with Crippen molar-refractivity contribution in [1.82, 2.24) is 0 Å². The standard InChI is InChI=1S/C22H42O7/c1-3-5-7-8-9-10-11-12-13-14-18(23)28-16-17-19(24)20(25)21(26)22(29-17)27-15-6-4-2/h17,19-22,24-26H,3-16H2,1-2H3/t17-,19-,20+,21-,22?/m1/s1/i1D. The van der Waals surface area contributed by atoms with Crippen LogP contribution in [-0.2, 0) is 19.0 Å². The molecule has 1 heterocycles. The molecule has 7 heteroatoms. The number of aliphatic hydroxyl groups excluding tert-OH is 3. The summed E-state index contributed by atoms with van der Waals surface area (Å²) in [6, 6.07) is 0. The number of hydrogen-bond donors (Lipinski definition) is 3. The second kappa shape index (κ2) is 16.0. The molecule has 0 amide bonds. The average molecular weight is 420 g/mol. The third-order valence-electron chi connectivity index (χ3n) is 5.24. The van der Waals surface area contributed by atoms with E-state index in [1.165, 1.54) is 19.3 Å². The van der Waals surface area contributed by atoms with Crippen molar-refractivity contribution in [3.05, 3.63) is 0 Å². The zero-order valence-electron chi connectivity index (χ0n) is 19.0. The Labute approximate surface area is 177 Å². The van der Waals surface area contributed by atoms with Gasteiger partial charge in [0.05, 0.1) is 0 Å². The summed E-state index contributed by atoms with van der Waals surface area (Å²) in [5.74, 6) is -0.356. The van der Waals surface area contributed by atoms with Gasteiger partial charge in [-0.15, -0.1) is 0 Å². The van der Waals surface area contributed by atoms with Crippen LogP contribution in [0.25, 0.3) is 0 Å². The van der Waals surface area contributed by atoms with Crippen molar-refractivity contribution in [1.29, 1.82) is 0 Å². The lowest BCUT2D eigenvalue weighted by Gasteiger charge is -2.39. The van der Waals surface area contributed by atoms with E-state index in [1.807, 2.05) is 6.92 Å². The molecule has 0 saturated carbocycles. The quantitative estimate of drug-likeness (QED) is 0.261. The largest absolute Gasteiger partial charge is 0.463 e. The van der Waals surface area contributed by atoms with Gasteiger partial charge in [0.15, 0.2) is 6.29 Å². The molecule has 0 spiro atoms. The van der Waals surface area contributed by atoms with Crippen LogP contribution < -0.4 is 0 Å². The van der Waals surface area contributed by atoms with Gasteiger partial charge in [0, 0.05) is 14.4 Å². The normalized spacial score (nSPS) is 27.6. The number of aliphatic hydroxyl groups is 3. The van der Waals surface area contributed by atoms with Gasteiger partial charge >= 0.3 is 5.97 Å². The summed E-state index contributed by atoms with van der Waals surface area (Å²) in [6.45, 7) is 2.72. The van der Waals surface area contributed by atoms with Gasteiger partial charge in [-0.1, -0.05) is 71.6 Å². The second-order valence-electron chi connectivity index (χ2n) is 7.85. The molecule has 29 heavy (non-hydrogen) atoms. The lowest BCUT2D eigenvalue weighted by Crippen LogP contribution is -2.59. The maximum absolute atomic E-state index is 11.9. The maximum Gasteiger partial charge on any atom is 0.305 e. The first-order valence-electron chi connectivity index (χ1n) is 12.0. The third kappa shape index (κ3) is 10.7. The summed E-state index contributed by atoms with van der Waals surface area (Å²) in [5, 5.41) is 30.1.